The van der Waals surface area contributed by atoms with Gasteiger partial charge in [0.15, 0.2) is 5.69 Å². The molecule has 0 saturated carbocycles. The van der Waals surface area contributed by atoms with E-state index < -0.39 is 36.0 Å². The van der Waals surface area contributed by atoms with E-state index in [1.54, 1.807) is 27.8 Å². The van der Waals surface area contributed by atoms with E-state index in [1.165, 1.54) is 12.1 Å². The molecule has 2 aromatic carbocycles. The first-order chi connectivity index (χ1) is 19.5. The first kappa shape index (κ1) is 30.1. The van der Waals surface area contributed by atoms with E-state index in [0.717, 1.165) is 11.1 Å². The molecule has 3 atom stereocenters. The zero-order valence-corrected chi connectivity index (χ0v) is 23.6. The number of aliphatic hydroxyl groups excluding tert-OH is 2. The van der Waals surface area contributed by atoms with Gasteiger partial charge in [0, 0.05) is 25.0 Å². The summed E-state index contributed by atoms with van der Waals surface area (Å²) in [5.74, 6) is -1.85. The number of rotatable bonds is 9. The molecule has 3 aromatic rings. The number of nitrogens with one attached hydrogen (secondary N) is 2. The minimum Gasteiger partial charge on any atom is -0.394 e. The molecule has 0 bridgehead atoms. The van der Waals surface area contributed by atoms with Crippen molar-refractivity contribution in [2.24, 2.45) is 11.3 Å². The molecule has 3 amide bonds. The summed E-state index contributed by atoms with van der Waals surface area (Å²) in [5.41, 5.74) is 1.10. The molecule has 1 aliphatic heterocycles. The summed E-state index contributed by atoms with van der Waals surface area (Å²) in [6, 6.07) is 12.5. The van der Waals surface area contributed by atoms with Gasteiger partial charge in [-0.2, -0.15) is 5.10 Å². The molecule has 4 N–H and O–H groups in total. The van der Waals surface area contributed by atoms with Gasteiger partial charge in [-0.3, -0.25) is 19.1 Å². The predicted octanol–water partition coefficient (Wildman–Crippen LogP) is 2.08. The van der Waals surface area contributed by atoms with Crippen LogP contribution in [-0.2, 0) is 16.1 Å². The largest absolute Gasteiger partial charge is 0.394 e. The second-order valence-electron chi connectivity index (χ2n) is 11.6. The normalized spacial score (nSPS) is 17.2. The van der Waals surface area contributed by atoms with E-state index in [9.17, 15) is 23.9 Å². The third-order valence-corrected chi connectivity index (χ3v) is 7.33. The maximum atomic E-state index is 13.8. The van der Waals surface area contributed by atoms with Crippen molar-refractivity contribution in [3.8, 4) is 0 Å². The molecule has 0 radical (unpaired) electrons. The van der Waals surface area contributed by atoms with Gasteiger partial charge < -0.3 is 25.7 Å². The monoisotopic (exact) mass is 567 g/mol. The van der Waals surface area contributed by atoms with Crippen molar-refractivity contribution < 1.29 is 29.0 Å². The average Bonchev–Trinajstić information content (AvgIpc) is 3.33. The van der Waals surface area contributed by atoms with E-state index in [2.05, 4.69) is 15.7 Å². The summed E-state index contributed by atoms with van der Waals surface area (Å²) in [6.45, 7) is 6.06. The molecule has 11 heteroatoms. The number of carbonyl (C=O) groups is 3. The quantitative estimate of drug-likeness (QED) is 0.313. The summed E-state index contributed by atoms with van der Waals surface area (Å²) in [5, 5.41) is 29.3. The Balaban J connectivity index is 1.52. The van der Waals surface area contributed by atoms with Crippen LogP contribution in [0.15, 0.2) is 48.5 Å². The Morgan fingerprint density at radius 3 is 2.51 bits per heavy atom. The zero-order chi connectivity index (χ0) is 29.7. The molecule has 1 saturated heterocycles. The van der Waals surface area contributed by atoms with Gasteiger partial charge in [0.2, 0.25) is 11.8 Å². The second kappa shape index (κ2) is 12.8. The second-order valence-corrected chi connectivity index (χ2v) is 11.6. The third kappa shape index (κ3) is 7.28. The summed E-state index contributed by atoms with van der Waals surface area (Å²) in [4.78, 5) is 41.7. The van der Waals surface area contributed by atoms with Crippen molar-refractivity contribution in [1.29, 1.82) is 0 Å². The summed E-state index contributed by atoms with van der Waals surface area (Å²) in [6.07, 6.45) is 0.167. The topological polar surface area (TPSA) is 137 Å². The third-order valence-electron chi connectivity index (χ3n) is 7.33. The molecule has 41 heavy (non-hydrogen) atoms. The van der Waals surface area contributed by atoms with Crippen molar-refractivity contribution in [2.45, 2.75) is 52.3 Å². The van der Waals surface area contributed by atoms with Gasteiger partial charge >= 0.3 is 0 Å². The highest BCUT2D eigenvalue weighted by atomic mass is 19.1. The van der Waals surface area contributed by atoms with Crippen molar-refractivity contribution in [1.82, 2.24) is 25.3 Å². The molecule has 4 rings (SSSR count). The average molecular weight is 568 g/mol. The molecular weight excluding hydrogens is 529 g/mol. The SMILES string of the molecule is CC(C)(C)[C@H](NC(=O)c1nn(Cc2ccc(F)cc2)c2ccccc12)C(=O)N1CCCC(C(=O)NC[C@H](O)CO)C1. The maximum absolute atomic E-state index is 13.8. The van der Waals surface area contributed by atoms with E-state index >= 15 is 0 Å². The molecule has 220 valence electrons. The lowest BCUT2D eigenvalue weighted by Gasteiger charge is -2.38. The number of hydrogen-bond acceptors (Lipinski definition) is 6. The first-order valence-corrected chi connectivity index (χ1v) is 13.8. The van der Waals surface area contributed by atoms with Crippen molar-refractivity contribution >= 4 is 28.6 Å². The van der Waals surface area contributed by atoms with Crippen molar-refractivity contribution in [3.63, 3.8) is 0 Å². The minimum absolute atomic E-state index is 0.0672. The van der Waals surface area contributed by atoms with E-state index in [4.69, 9.17) is 5.11 Å². The number of likely N-dealkylation sites (tertiary alicyclic amines) is 1. The van der Waals surface area contributed by atoms with Gasteiger partial charge in [-0.25, -0.2) is 4.39 Å². The van der Waals surface area contributed by atoms with Crippen LogP contribution in [0.25, 0.3) is 10.9 Å². The number of aliphatic hydroxyl groups is 2. The molecule has 1 aliphatic rings. The number of hydrogen-bond donors (Lipinski definition) is 4. The number of fused-ring (bicyclic) bond motifs is 1. The van der Waals surface area contributed by atoms with E-state index in [1.807, 2.05) is 39.0 Å². The fourth-order valence-electron chi connectivity index (χ4n) is 5.03. The highest BCUT2D eigenvalue weighted by molar-refractivity contribution is 6.06. The Morgan fingerprint density at radius 2 is 1.83 bits per heavy atom. The number of benzene rings is 2. The van der Waals surface area contributed by atoms with Gasteiger partial charge in [0.1, 0.15) is 11.9 Å². The van der Waals surface area contributed by atoms with Crippen LogP contribution in [0.3, 0.4) is 0 Å². The number of aromatic nitrogens is 2. The molecule has 10 nitrogen and oxygen atoms in total. The standard InChI is InChI=1S/C30H38FN5O5/c1-30(2,3)26(29(41)35-14-6-7-20(17-35)27(39)32-15-22(38)18-37)33-28(40)25-23-8-4-5-9-24(23)36(34-25)16-19-10-12-21(31)13-11-19/h4-5,8-13,20,22,26,37-38H,6-7,14-18H2,1-3H3,(H,32,39)(H,33,40)/t20?,22-,26+/m0/s1. The summed E-state index contributed by atoms with van der Waals surface area (Å²) < 4.78 is 15.1. The number of piperidine rings is 1. The Morgan fingerprint density at radius 1 is 1.12 bits per heavy atom. The highest BCUT2D eigenvalue weighted by Crippen LogP contribution is 2.26. The van der Waals surface area contributed by atoms with Crippen LogP contribution in [0.5, 0.6) is 0 Å². The summed E-state index contributed by atoms with van der Waals surface area (Å²) >= 11 is 0. The lowest BCUT2D eigenvalue weighted by molar-refractivity contribution is -0.139. The van der Waals surface area contributed by atoms with Gasteiger partial charge in [-0.1, -0.05) is 51.1 Å². The Labute approximate surface area is 238 Å². The highest BCUT2D eigenvalue weighted by Gasteiger charge is 2.39. The number of nitrogens with zero attached hydrogens (tertiary/aromatic N) is 3. The Hall–Kier alpha value is -3.83. The number of amides is 3. The zero-order valence-electron chi connectivity index (χ0n) is 23.6. The molecular formula is C30H38FN5O5. The molecule has 1 fully saturated rings. The van der Waals surface area contributed by atoms with Crippen LogP contribution in [0, 0.1) is 17.2 Å². The van der Waals surface area contributed by atoms with Gasteiger partial charge in [-0.15, -0.1) is 0 Å². The summed E-state index contributed by atoms with van der Waals surface area (Å²) in [7, 11) is 0. The van der Waals surface area contributed by atoms with Crippen molar-refractivity contribution in [2.75, 3.05) is 26.2 Å². The Kier molecular flexibility index (Phi) is 9.39. The van der Waals surface area contributed by atoms with Crippen LogP contribution in [-0.4, -0.2) is 81.0 Å². The smallest absolute Gasteiger partial charge is 0.273 e. The van der Waals surface area contributed by atoms with Gasteiger partial charge in [-0.05, 0) is 42.0 Å². The lowest BCUT2D eigenvalue weighted by atomic mass is 9.84. The lowest BCUT2D eigenvalue weighted by Crippen LogP contribution is -2.57. The van der Waals surface area contributed by atoms with Gasteiger partial charge in [0.25, 0.3) is 5.91 Å². The number of carbonyl (C=O) groups excluding carboxylic acids is 3. The fraction of sp³-hybridized carbons (Fsp3) is 0.467. The van der Waals surface area contributed by atoms with Gasteiger partial charge in [0.05, 0.1) is 30.7 Å². The van der Waals surface area contributed by atoms with Crippen LogP contribution >= 0.6 is 0 Å². The van der Waals surface area contributed by atoms with Crippen LogP contribution < -0.4 is 10.6 Å². The molecule has 0 aliphatic carbocycles. The molecule has 1 unspecified atom stereocenters. The van der Waals surface area contributed by atoms with Crippen LogP contribution in [0.2, 0.25) is 0 Å². The first-order valence-electron chi connectivity index (χ1n) is 13.8. The van der Waals surface area contributed by atoms with Crippen molar-refractivity contribution in [3.05, 3.63) is 65.6 Å². The number of halogens is 1. The van der Waals surface area contributed by atoms with E-state index in [0.29, 0.717) is 31.3 Å². The molecule has 2 heterocycles. The van der Waals surface area contributed by atoms with Crippen LogP contribution in [0.4, 0.5) is 4.39 Å². The minimum atomic E-state index is -1.05. The number of para-hydroxylation sites is 1. The predicted molar refractivity (Wildman–Crippen MR) is 151 cm³/mol. The van der Waals surface area contributed by atoms with E-state index in [-0.39, 0.29) is 36.4 Å². The molecule has 0 spiro atoms. The Bertz CT molecular complexity index is 1380. The maximum Gasteiger partial charge on any atom is 0.273 e. The molecule has 1 aromatic heterocycles. The van der Waals surface area contributed by atoms with Crippen LogP contribution in [0.1, 0.15) is 49.7 Å². The fourth-order valence-corrected chi connectivity index (χ4v) is 5.03.